The summed E-state index contributed by atoms with van der Waals surface area (Å²) >= 11 is 0. The van der Waals surface area contributed by atoms with Crippen LogP contribution in [0.1, 0.15) is 16.1 Å². The maximum atomic E-state index is 10.9. The van der Waals surface area contributed by atoms with Crippen molar-refractivity contribution in [2.75, 3.05) is 0 Å². The van der Waals surface area contributed by atoms with Gasteiger partial charge in [-0.15, -0.1) is 0 Å². The first kappa shape index (κ1) is 14.4. The van der Waals surface area contributed by atoms with Crippen LogP contribution >= 0.6 is 0 Å². The van der Waals surface area contributed by atoms with E-state index in [1.54, 1.807) is 12.1 Å². The highest BCUT2D eigenvalue weighted by atomic mass is 16.3. The number of aldehydes is 1. The molecule has 3 heteroatoms. The molecule has 0 spiro atoms. The van der Waals surface area contributed by atoms with Crippen molar-refractivity contribution in [1.82, 2.24) is 4.98 Å². The molecule has 0 unspecified atom stereocenters. The van der Waals surface area contributed by atoms with Gasteiger partial charge in [0.25, 0.3) is 0 Å². The summed E-state index contributed by atoms with van der Waals surface area (Å²) in [5.74, 6) is 0.760. The summed E-state index contributed by atoms with van der Waals surface area (Å²) in [7, 11) is 0. The molecule has 0 atom stereocenters. The zero-order valence-electron chi connectivity index (χ0n) is 13.2. The Morgan fingerprint density at radius 1 is 0.917 bits per heavy atom. The molecule has 2 aromatic carbocycles. The van der Waals surface area contributed by atoms with E-state index >= 15 is 0 Å². The molecule has 3 nitrogen and oxygen atoms in total. The second-order valence-electron chi connectivity index (χ2n) is 5.69. The van der Waals surface area contributed by atoms with Crippen molar-refractivity contribution < 1.29 is 9.21 Å². The van der Waals surface area contributed by atoms with Crippen molar-refractivity contribution in [2.45, 2.75) is 6.92 Å². The Labute approximate surface area is 139 Å². The van der Waals surface area contributed by atoms with Gasteiger partial charge >= 0.3 is 0 Å². The molecule has 0 aliphatic heterocycles. The van der Waals surface area contributed by atoms with Crippen molar-refractivity contribution in [3.63, 3.8) is 0 Å². The maximum Gasteiger partial charge on any atom is 0.168 e. The molecular weight excluding hydrogens is 298 g/mol. The van der Waals surface area contributed by atoms with Crippen LogP contribution in [-0.2, 0) is 0 Å². The second kappa shape index (κ2) is 5.78. The molecule has 0 radical (unpaired) electrons. The first-order valence-corrected chi connectivity index (χ1v) is 7.77. The quantitative estimate of drug-likeness (QED) is 0.483. The van der Waals surface area contributed by atoms with Crippen LogP contribution in [0.5, 0.6) is 0 Å². The molecule has 0 aliphatic rings. The van der Waals surface area contributed by atoms with Gasteiger partial charge in [-0.3, -0.25) is 4.79 Å². The fraction of sp³-hybridized carbons (Fsp3) is 0.0476. The van der Waals surface area contributed by atoms with Crippen LogP contribution in [0.15, 0.2) is 71.1 Å². The van der Waals surface area contributed by atoms with Crippen LogP contribution < -0.4 is 0 Å². The van der Waals surface area contributed by atoms with Gasteiger partial charge in [0, 0.05) is 11.6 Å². The van der Waals surface area contributed by atoms with Gasteiger partial charge < -0.3 is 4.42 Å². The van der Waals surface area contributed by atoms with Gasteiger partial charge in [0.1, 0.15) is 17.0 Å². The summed E-state index contributed by atoms with van der Waals surface area (Å²) in [5.41, 5.74) is 6.31. The minimum atomic E-state index is 0.407. The Morgan fingerprint density at radius 3 is 2.50 bits per heavy atom. The monoisotopic (exact) mass is 313 g/mol. The number of benzene rings is 2. The topological polar surface area (TPSA) is 43.1 Å². The van der Waals surface area contributed by atoms with Gasteiger partial charge in [-0.1, -0.05) is 48.5 Å². The summed E-state index contributed by atoms with van der Waals surface area (Å²) in [6.07, 6.45) is 0.743. The predicted molar refractivity (Wildman–Crippen MR) is 95.0 cm³/mol. The number of rotatable bonds is 3. The van der Waals surface area contributed by atoms with Crippen molar-refractivity contribution in [3.05, 3.63) is 78.0 Å². The molecule has 0 N–H and O–H groups in total. The van der Waals surface area contributed by atoms with Crippen LogP contribution in [-0.4, -0.2) is 11.3 Å². The molecule has 2 aromatic heterocycles. The summed E-state index contributed by atoms with van der Waals surface area (Å²) < 4.78 is 5.95. The minimum absolute atomic E-state index is 0.407. The highest BCUT2D eigenvalue weighted by molar-refractivity contribution is 5.85. The molecule has 0 saturated carbocycles. The van der Waals surface area contributed by atoms with E-state index in [2.05, 4.69) is 30.1 Å². The van der Waals surface area contributed by atoms with Crippen LogP contribution in [0.4, 0.5) is 0 Å². The highest BCUT2D eigenvalue weighted by Gasteiger charge is 2.13. The van der Waals surface area contributed by atoms with Crippen LogP contribution in [0.2, 0.25) is 0 Å². The van der Waals surface area contributed by atoms with Crippen molar-refractivity contribution in [1.29, 1.82) is 0 Å². The molecule has 0 aliphatic carbocycles. The Bertz CT molecular complexity index is 1030. The van der Waals surface area contributed by atoms with Gasteiger partial charge in [0.2, 0.25) is 0 Å². The largest absolute Gasteiger partial charge is 0.454 e. The average molecular weight is 313 g/mol. The number of carbonyl (C=O) groups is 1. The number of hydrogen-bond donors (Lipinski definition) is 0. The smallest absolute Gasteiger partial charge is 0.168 e. The lowest BCUT2D eigenvalue weighted by atomic mass is 9.95. The summed E-state index contributed by atoms with van der Waals surface area (Å²) in [6, 6.07) is 21.8. The maximum absolute atomic E-state index is 10.9. The molecule has 0 fully saturated rings. The summed E-state index contributed by atoms with van der Waals surface area (Å²) in [5, 5.41) is 0. The minimum Gasteiger partial charge on any atom is -0.454 e. The zero-order chi connectivity index (χ0) is 16.5. The number of nitrogens with zero attached hydrogens (tertiary/aromatic N) is 1. The molecule has 116 valence electrons. The van der Waals surface area contributed by atoms with E-state index < -0.39 is 0 Å². The number of carbonyl (C=O) groups excluding carboxylic acids is 1. The molecule has 2 heterocycles. The van der Waals surface area contributed by atoms with Crippen molar-refractivity contribution >= 4 is 17.4 Å². The lowest BCUT2D eigenvalue weighted by molar-refractivity contribution is 0.111. The zero-order valence-corrected chi connectivity index (χ0v) is 13.2. The number of furan rings is 1. The van der Waals surface area contributed by atoms with Gasteiger partial charge in [-0.2, -0.15) is 0 Å². The van der Waals surface area contributed by atoms with E-state index in [-0.39, 0.29) is 0 Å². The number of pyridine rings is 1. The standard InChI is InChI=1S/C21H15NO2/c1-14-17(15-6-3-2-4-7-15)8-5-9-18(14)21-12-19-20(24-21)11-10-16(13-23)22-19/h2-13H,1H3. The Balaban J connectivity index is 1.86. The van der Waals surface area contributed by atoms with E-state index in [9.17, 15) is 4.79 Å². The van der Waals surface area contributed by atoms with E-state index in [0.717, 1.165) is 23.2 Å². The summed E-state index contributed by atoms with van der Waals surface area (Å²) in [4.78, 5) is 15.2. The highest BCUT2D eigenvalue weighted by Crippen LogP contribution is 2.34. The molecule has 4 rings (SSSR count). The first-order valence-electron chi connectivity index (χ1n) is 7.77. The predicted octanol–water partition coefficient (Wildman–Crippen LogP) is 5.28. The normalized spacial score (nSPS) is 10.9. The average Bonchev–Trinajstić information content (AvgIpc) is 3.05. The van der Waals surface area contributed by atoms with Gasteiger partial charge in [0.15, 0.2) is 11.9 Å². The SMILES string of the molecule is Cc1c(-c2ccccc2)cccc1-c1cc2nc(C=O)ccc2o1. The van der Waals surface area contributed by atoms with E-state index in [1.807, 2.05) is 36.4 Å². The second-order valence-corrected chi connectivity index (χ2v) is 5.69. The van der Waals surface area contributed by atoms with Crippen LogP contribution in [0, 0.1) is 6.92 Å². The van der Waals surface area contributed by atoms with E-state index in [0.29, 0.717) is 16.8 Å². The molecule has 0 bridgehead atoms. The third kappa shape index (κ3) is 2.40. The van der Waals surface area contributed by atoms with Crippen LogP contribution in [0.3, 0.4) is 0 Å². The van der Waals surface area contributed by atoms with Gasteiger partial charge in [-0.05, 0) is 35.7 Å². The lowest BCUT2D eigenvalue weighted by Gasteiger charge is -2.09. The molecule has 4 aromatic rings. The third-order valence-electron chi connectivity index (χ3n) is 4.20. The van der Waals surface area contributed by atoms with Crippen molar-refractivity contribution in [2.24, 2.45) is 0 Å². The summed E-state index contributed by atoms with van der Waals surface area (Å²) in [6.45, 7) is 2.09. The molecular formula is C21H15NO2. The van der Waals surface area contributed by atoms with Crippen molar-refractivity contribution in [3.8, 4) is 22.5 Å². The number of hydrogen-bond acceptors (Lipinski definition) is 3. The fourth-order valence-corrected chi connectivity index (χ4v) is 2.97. The Hall–Kier alpha value is -3.20. The molecule has 0 amide bonds. The fourth-order valence-electron chi connectivity index (χ4n) is 2.97. The van der Waals surface area contributed by atoms with Gasteiger partial charge in [0.05, 0.1) is 0 Å². The van der Waals surface area contributed by atoms with Crippen LogP contribution in [0.25, 0.3) is 33.6 Å². The van der Waals surface area contributed by atoms with E-state index in [1.165, 1.54) is 11.1 Å². The molecule has 24 heavy (non-hydrogen) atoms. The Morgan fingerprint density at radius 2 is 1.71 bits per heavy atom. The number of fused-ring (bicyclic) bond motifs is 1. The third-order valence-corrected chi connectivity index (χ3v) is 4.20. The van der Waals surface area contributed by atoms with E-state index in [4.69, 9.17) is 4.42 Å². The number of aromatic nitrogens is 1. The first-order chi connectivity index (χ1) is 11.8. The van der Waals surface area contributed by atoms with Gasteiger partial charge in [-0.25, -0.2) is 4.98 Å². The Kier molecular flexibility index (Phi) is 3.47. The lowest BCUT2D eigenvalue weighted by Crippen LogP contribution is -1.87. The molecule has 0 saturated heterocycles.